The van der Waals surface area contributed by atoms with Crippen molar-refractivity contribution in [3.8, 4) is 0 Å². The summed E-state index contributed by atoms with van der Waals surface area (Å²) in [6, 6.07) is 11.5. The van der Waals surface area contributed by atoms with E-state index in [0.717, 1.165) is 43.2 Å². The summed E-state index contributed by atoms with van der Waals surface area (Å²) < 4.78 is 12.2. The summed E-state index contributed by atoms with van der Waals surface area (Å²) in [7, 11) is -0.948. The van der Waals surface area contributed by atoms with Crippen molar-refractivity contribution in [2.75, 3.05) is 38.5 Å². The minimum atomic E-state index is -0.948. The molecule has 2 heterocycles. The van der Waals surface area contributed by atoms with Gasteiger partial charge in [0.25, 0.3) is 5.91 Å². The molecule has 4 nitrogen and oxygen atoms in total. The molecular formula is C17H20N2O2S2. The van der Waals surface area contributed by atoms with Crippen LogP contribution in [0.1, 0.15) is 10.4 Å². The lowest BCUT2D eigenvalue weighted by molar-refractivity contribution is 0.0645. The molecule has 1 aromatic heterocycles. The highest BCUT2D eigenvalue weighted by Gasteiger charge is 2.22. The molecule has 0 unspecified atom stereocenters. The van der Waals surface area contributed by atoms with Crippen LogP contribution in [0.2, 0.25) is 0 Å². The van der Waals surface area contributed by atoms with Gasteiger partial charge in [-0.3, -0.25) is 13.9 Å². The van der Waals surface area contributed by atoms with E-state index in [9.17, 15) is 9.00 Å². The maximum Gasteiger partial charge on any atom is 0.254 e. The fourth-order valence-electron chi connectivity index (χ4n) is 2.65. The Bertz CT molecular complexity index is 650. The second-order valence-corrected chi connectivity index (χ2v) is 7.86. The zero-order valence-electron chi connectivity index (χ0n) is 12.9. The molecule has 3 rings (SSSR count). The van der Waals surface area contributed by atoms with Crippen LogP contribution < -0.4 is 0 Å². The van der Waals surface area contributed by atoms with Crippen LogP contribution in [0.4, 0.5) is 0 Å². The van der Waals surface area contributed by atoms with Crippen LogP contribution in [0.15, 0.2) is 52.1 Å². The van der Waals surface area contributed by atoms with Crippen LogP contribution in [0.5, 0.6) is 0 Å². The molecular weight excluding hydrogens is 328 g/mol. The first kappa shape index (κ1) is 16.4. The van der Waals surface area contributed by atoms with Crippen LogP contribution >= 0.6 is 11.3 Å². The highest BCUT2D eigenvalue weighted by molar-refractivity contribution is 7.85. The summed E-state index contributed by atoms with van der Waals surface area (Å²) in [5.74, 6) is 0.765. The lowest BCUT2D eigenvalue weighted by Crippen LogP contribution is -2.49. The van der Waals surface area contributed by atoms with Crippen molar-refractivity contribution in [1.82, 2.24) is 9.80 Å². The normalized spacial score (nSPS) is 17.1. The molecule has 0 aliphatic carbocycles. The maximum atomic E-state index is 12.3. The molecule has 6 heteroatoms. The van der Waals surface area contributed by atoms with Gasteiger partial charge in [-0.05, 0) is 23.6 Å². The Kier molecular flexibility index (Phi) is 5.59. The number of amides is 1. The average molecular weight is 348 g/mol. The smallest absolute Gasteiger partial charge is 0.254 e. The van der Waals surface area contributed by atoms with Crippen LogP contribution in [-0.2, 0) is 10.8 Å². The minimum absolute atomic E-state index is 0.124. The zero-order chi connectivity index (χ0) is 16.1. The molecule has 1 atom stereocenters. The number of benzene rings is 1. The van der Waals surface area contributed by atoms with Gasteiger partial charge in [-0.25, -0.2) is 0 Å². The van der Waals surface area contributed by atoms with Gasteiger partial charge in [-0.15, -0.1) is 0 Å². The third-order valence-corrected chi connectivity index (χ3v) is 6.06. The number of hydrogen-bond donors (Lipinski definition) is 0. The zero-order valence-corrected chi connectivity index (χ0v) is 14.5. The lowest BCUT2D eigenvalue weighted by atomic mass is 10.2. The molecule has 0 N–H and O–H groups in total. The first-order valence-corrected chi connectivity index (χ1v) is 9.97. The maximum absolute atomic E-state index is 12.3. The summed E-state index contributed by atoms with van der Waals surface area (Å²) in [6.07, 6.45) is 0. The Balaban J connectivity index is 1.44. The summed E-state index contributed by atoms with van der Waals surface area (Å²) in [5.41, 5.74) is 0.786. The van der Waals surface area contributed by atoms with Gasteiger partial charge in [0.05, 0.1) is 16.4 Å². The van der Waals surface area contributed by atoms with Crippen LogP contribution in [-0.4, -0.2) is 58.4 Å². The fraction of sp³-hybridized carbons (Fsp3) is 0.353. The van der Waals surface area contributed by atoms with E-state index in [-0.39, 0.29) is 5.91 Å². The summed E-state index contributed by atoms with van der Waals surface area (Å²) in [6.45, 7) is 3.99. The molecule has 1 aliphatic rings. The lowest BCUT2D eigenvalue weighted by Gasteiger charge is -2.34. The molecule has 1 saturated heterocycles. The van der Waals surface area contributed by atoms with Crippen molar-refractivity contribution < 1.29 is 9.00 Å². The quantitative estimate of drug-likeness (QED) is 0.833. The van der Waals surface area contributed by atoms with Gasteiger partial charge in [-0.1, -0.05) is 18.2 Å². The minimum Gasteiger partial charge on any atom is -0.336 e. The van der Waals surface area contributed by atoms with Crippen LogP contribution in [0, 0.1) is 0 Å². The third-order valence-electron chi connectivity index (χ3n) is 4.03. The standard InChI is InChI=1S/C17H20N2O2S2/c20-17(15-6-12-22-14-15)19-9-7-18(8-10-19)11-13-23(21)16-4-2-1-3-5-16/h1-6,12,14H,7-11,13H2/t23-/m1/s1. The Hall–Kier alpha value is -1.50. The average Bonchev–Trinajstić information content (AvgIpc) is 3.15. The van der Waals surface area contributed by atoms with Crippen molar-refractivity contribution in [3.05, 3.63) is 52.7 Å². The number of hydrogen-bond acceptors (Lipinski definition) is 4. The van der Waals surface area contributed by atoms with Crippen molar-refractivity contribution >= 4 is 28.0 Å². The molecule has 2 aromatic rings. The van der Waals surface area contributed by atoms with Crippen molar-refractivity contribution in [3.63, 3.8) is 0 Å². The molecule has 0 saturated carbocycles. The number of rotatable bonds is 5. The van der Waals surface area contributed by atoms with Crippen LogP contribution in [0.25, 0.3) is 0 Å². The van der Waals surface area contributed by atoms with Gasteiger partial charge in [0, 0.05) is 48.8 Å². The van der Waals surface area contributed by atoms with Gasteiger partial charge >= 0.3 is 0 Å². The van der Waals surface area contributed by atoms with Gasteiger partial charge in [0.1, 0.15) is 0 Å². The number of carbonyl (C=O) groups excluding carboxylic acids is 1. The Morgan fingerprint density at radius 3 is 2.48 bits per heavy atom. The molecule has 0 bridgehead atoms. The van der Waals surface area contributed by atoms with Gasteiger partial charge < -0.3 is 4.90 Å². The van der Waals surface area contributed by atoms with E-state index < -0.39 is 10.8 Å². The largest absolute Gasteiger partial charge is 0.336 e. The SMILES string of the molecule is O=C(c1ccsc1)N1CCN(CC[S@@](=O)c2ccccc2)CC1. The second-order valence-electron chi connectivity index (χ2n) is 5.51. The monoisotopic (exact) mass is 348 g/mol. The highest BCUT2D eigenvalue weighted by atomic mass is 32.2. The summed E-state index contributed by atoms with van der Waals surface area (Å²) >= 11 is 1.55. The summed E-state index contributed by atoms with van der Waals surface area (Å²) in [5, 5.41) is 3.83. The number of carbonyl (C=O) groups is 1. The topological polar surface area (TPSA) is 40.6 Å². The van der Waals surface area contributed by atoms with Gasteiger partial charge in [0.15, 0.2) is 0 Å². The van der Waals surface area contributed by atoms with Gasteiger partial charge in [0.2, 0.25) is 0 Å². The van der Waals surface area contributed by atoms with E-state index in [1.807, 2.05) is 52.1 Å². The molecule has 122 valence electrons. The molecule has 0 spiro atoms. The molecule has 1 amide bonds. The predicted octanol–water partition coefficient (Wildman–Crippen LogP) is 2.31. The Labute approximate surface area is 143 Å². The highest BCUT2D eigenvalue weighted by Crippen LogP contribution is 2.12. The molecule has 1 aromatic carbocycles. The predicted molar refractivity (Wildman–Crippen MR) is 94.4 cm³/mol. The molecule has 1 aliphatic heterocycles. The number of piperazine rings is 1. The van der Waals surface area contributed by atoms with Crippen molar-refractivity contribution in [1.29, 1.82) is 0 Å². The van der Waals surface area contributed by atoms with E-state index in [1.165, 1.54) is 0 Å². The number of nitrogens with zero attached hydrogens (tertiary/aromatic N) is 2. The molecule has 0 radical (unpaired) electrons. The first-order valence-electron chi connectivity index (χ1n) is 7.71. The van der Waals surface area contributed by atoms with E-state index in [1.54, 1.807) is 11.3 Å². The van der Waals surface area contributed by atoms with E-state index in [4.69, 9.17) is 0 Å². The van der Waals surface area contributed by atoms with Crippen molar-refractivity contribution in [2.24, 2.45) is 0 Å². The van der Waals surface area contributed by atoms with Gasteiger partial charge in [-0.2, -0.15) is 11.3 Å². The first-order chi connectivity index (χ1) is 11.2. The summed E-state index contributed by atoms with van der Waals surface area (Å²) in [4.78, 5) is 17.4. The van der Waals surface area contributed by atoms with E-state index in [0.29, 0.717) is 5.75 Å². The number of thiophene rings is 1. The Morgan fingerprint density at radius 1 is 1.09 bits per heavy atom. The van der Waals surface area contributed by atoms with E-state index >= 15 is 0 Å². The molecule has 23 heavy (non-hydrogen) atoms. The Morgan fingerprint density at radius 2 is 1.83 bits per heavy atom. The second kappa shape index (κ2) is 7.86. The van der Waals surface area contributed by atoms with Crippen LogP contribution in [0.3, 0.4) is 0 Å². The third kappa shape index (κ3) is 4.28. The van der Waals surface area contributed by atoms with Crippen molar-refractivity contribution in [2.45, 2.75) is 4.90 Å². The molecule has 1 fully saturated rings. The fourth-order valence-corrected chi connectivity index (χ4v) is 4.40. The van der Waals surface area contributed by atoms with E-state index in [2.05, 4.69) is 4.90 Å².